The van der Waals surface area contributed by atoms with Crippen LogP contribution >= 0.6 is 0 Å². The number of piperidine rings is 1. The summed E-state index contributed by atoms with van der Waals surface area (Å²) < 4.78 is 11.9. The normalized spacial score (nSPS) is 31.5. The zero-order valence-corrected chi connectivity index (χ0v) is 14.8. The minimum atomic E-state index is -0.346. The molecule has 0 radical (unpaired) electrons. The van der Waals surface area contributed by atoms with Gasteiger partial charge in [0.2, 0.25) is 0 Å². The van der Waals surface area contributed by atoms with Gasteiger partial charge in [-0.15, -0.1) is 0 Å². The predicted octanol–water partition coefficient (Wildman–Crippen LogP) is 2.74. The molecule has 0 aromatic heterocycles. The lowest BCUT2D eigenvalue weighted by atomic mass is 9.89. The summed E-state index contributed by atoms with van der Waals surface area (Å²) in [5.74, 6) is 0.165. The first-order valence-electron chi connectivity index (χ1n) is 9.51. The summed E-state index contributed by atoms with van der Waals surface area (Å²) in [6.45, 7) is 9.49. The van der Waals surface area contributed by atoms with Crippen molar-refractivity contribution in [2.45, 2.75) is 44.6 Å². The van der Waals surface area contributed by atoms with Gasteiger partial charge in [-0.25, -0.2) is 0 Å². The molecule has 0 amide bonds. The number of hydrogen-bond acceptors (Lipinski definition) is 4. The smallest absolute Gasteiger partial charge is 0.169 e. The van der Waals surface area contributed by atoms with Crippen molar-refractivity contribution in [2.75, 3.05) is 39.4 Å². The monoisotopic (exact) mass is 330 g/mol. The van der Waals surface area contributed by atoms with Gasteiger partial charge < -0.3 is 9.47 Å². The Balaban J connectivity index is 1.33. The van der Waals surface area contributed by atoms with Crippen LogP contribution in [-0.2, 0) is 16.0 Å². The van der Waals surface area contributed by atoms with E-state index in [1.54, 1.807) is 0 Å². The zero-order valence-electron chi connectivity index (χ0n) is 14.8. The van der Waals surface area contributed by atoms with E-state index < -0.39 is 0 Å². The van der Waals surface area contributed by atoms with Crippen molar-refractivity contribution in [2.24, 2.45) is 5.92 Å². The SMILES string of the molecule is CC1(C2CCCN(C3CCN(Cc4ccccc4)C3)C2)OCCO1. The van der Waals surface area contributed by atoms with Gasteiger partial charge in [0.15, 0.2) is 5.79 Å². The average molecular weight is 330 g/mol. The maximum absolute atomic E-state index is 5.93. The third-order valence-corrected chi connectivity index (χ3v) is 6.07. The Morgan fingerprint density at radius 2 is 1.83 bits per heavy atom. The van der Waals surface area contributed by atoms with Crippen molar-refractivity contribution >= 4 is 0 Å². The van der Waals surface area contributed by atoms with Gasteiger partial charge in [0.1, 0.15) is 0 Å². The topological polar surface area (TPSA) is 24.9 Å². The molecule has 0 N–H and O–H groups in total. The third kappa shape index (κ3) is 3.52. The molecule has 3 fully saturated rings. The highest BCUT2D eigenvalue weighted by molar-refractivity contribution is 5.14. The van der Waals surface area contributed by atoms with Crippen LogP contribution in [0.15, 0.2) is 30.3 Å². The van der Waals surface area contributed by atoms with Crippen molar-refractivity contribution < 1.29 is 9.47 Å². The maximum atomic E-state index is 5.93. The Morgan fingerprint density at radius 1 is 1.04 bits per heavy atom. The van der Waals surface area contributed by atoms with Crippen LogP contribution in [0.5, 0.6) is 0 Å². The first-order valence-corrected chi connectivity index (χ1v) is 9.51. The number of benzene rings is 1. The zero-order chi connectivity index (χ0) is 16.4. The van der Waals surface area contributed by atoms with E-state index in [-0.39, 0.29) is 5.79 Å². The fourth-order valence-corrected chi connectivity index (χ4v) is 4.63. The van der Waals surface area contributed by atoms with Crippen molar-refractivity contribution in [1.82, 2.24) is 9.80 Å². The van der Waals surface area contributed by atoms with Gasteiger partial charge in [-0.05, 0) is 38.3 Å². The minimum absolute atomic E-state index is 0.346. The van der Waals surface area contributed by atoms with Gasteiger partial charge in [-0.1, -0.05) is 30.3 Å². The van der Waals surface area contributed by atoms with E-state index in [1.165, 1.54) is 44.5 Å². The first kappa shape index (κ1) is 16.5. The quantitative estimate of drug-likeness (QED) is 0.847. The number of rotatable bonds is 4. The molecule has 4 rings (SSSR count). The predicted molar refractivity (Wildman–Crippen MR) is 94.7 cm³/mol. The molecule has 4 nitrogen and oxygen atoms in total. The van der Waals surface area contributed by atoms with Crippen LogP contribution < -0.4 is 0 Å². The van der Waals surface area contributed by atoms with Gasteiger partial charge in [-0.2, -0.15) is 0 Å². The lowest BCUT2D eigenvalue weighted by Crippen LogP contribution is -2.50. The molecule has 24 heavy (non-hydrogen) atoms. The van der Waals surface area contributed by atoms with Gasteiger partial charge in [-0.3, -0.25) is 9.80 Å². The summed E-state index contributed by atoms with van der Waals surface area (Å²) in [6.07, 6.45) is 3.79. The van der Waals surface area contributed by atoms with Gasteiger partial charge in [0.25, 0.3) is 0 Å². The molecule has 3 aliphatic rings. The fraction of sp³-hybridized carbons (Fsp3) is 0.700. The number of hydrogen-bond donors (Lipinski definition) is 0. The van der Waals surface area contributed by atoms with Gasteiger partial charge >= 0.3 is 0 Å². The first-order chi connectivity index (χ1) is 11.7. The van der Waals surface area contributed by atoms with Crippen LogP contribution in [0.25, 0.3) is 0 Å². The van der Waals surface area contributed by atoms with Crippen LogP contribution in [0.4, 0.5) is 0 Å². The van der Waals surface area contributed by atoms with Crippen molar-refractivity contribution in [3.63, 3.8) is 0 Å². The van der Waals surface area contributed by atoms with Gasteiger partial charge in [0, 0.05) is 38.1 Å². The van der Waals surface area contributed by atoms with Crippen LogP contribution in [0.3, 0.4) is 0 Å². The third-order valence-electron chi connectivity index (χ3n) is 6.07. The summed E-state index contributed by atoms with van der Waals surface area (Å²) in [6, 6.07) is 11.5. The van der Waals surface area contributed by atoms with Crippen molar-refractivity contribution in [3.05, 3.63) is 35.9 Å². The maximum Gasteiger partial charge on any atom is 0.169 e. The Morgan fingerprint density at radius 3 is 2.62 bits per heavy atom. The second-order valence-corrected chi connectivity index (χ2v) is 7.71. The van der Waals surface area contributed by atoms with Crippen molar-refractivity contribution in [3.8, 4) is 0 Å². The van der Waals surface area contributed by atoms with E-state index in [1.807, 2.05) is 0 Å². The Bertz CT molecular complexity index is 530. The molecule has 0 spiro atoms. The lowest BCUT2D eigenvalue weighted by molar-refractivity contribution is -0.193. The summed E-state index contributed by atoms with van der Waals surface area (Å²) in [5.41, 5.74) is 1.43. The molecule has 3 aliphatic heterocycles. The summed E-state index contributed by atoms with van der Waals surface area (Å²) in [4.78, 5) is 5.31. The second kappa shape index (κ2) is 7.12. The fourth-order valence-electron chi connectivity index (χ4n) is 4.63. The number of nitrogens with zero attached hydrogens (tertiary/aromatic N) is 2. The van der Waals surface area contributed by atoms with E-state index in [0.717, 1.165) is 26.3 Å². The lowest BCUT2D eigenvalue weighted by Gasteiger charge is -2.42. The van der Waals surface area contributed by atoms with E-state index in [9.17, 15) is 0 Å². The van der Waals surface area contributed by atoms with E-state index in [2.05, 4.69) is 47.1 Å². The summed E-state index contributed by atoms with van der Waals surface area (Å²) >= 11 is 0. The number of likely N-dealkylation sites (tertiary alicyclic amines) is 2. The highest BCUT2D eigenvalue weighted by Gasteiger charge is 2.43. The highest BCUT2D eigenvalue weighted by Crippen LogP contribution is 2.35. The molecule has 1 aromatic carbocycles. The molecular formula is C20H30N2O2. The largest absolute Gasteiger partial charge is 0.347 e. The number of ether oxygens (including phenoxy) is 2. The highest BCUT2D eigenvalue weighted by atomic mass is 16.7. The molecule has 3 heterocycles. The summed E-state index contributed by atoms with van der Waals surface area (Å²) in [5, 5.41) is 0. The van der Waals surface area contributed by atoms with Gasteiger partial charge in [0.05, 0.1) is 13.2 Å². The van der Waals surface area contributed by atoms with Crippen molar-refractivity contribution in [1.29, 1.82) is 0 Å². The Kier molecular flexibility index (Phi) is 4.90. The van der Waals surface area contributed by atoms with Crippen LogP contribution in [-0.4, -0.2) is 61.0 Å². The molecule has 2 unspecified atom stereocenters. The molecule has 3 saturated heterocycles. The molecule has 4 heteroatoms. The Hall–Kier alpha value is -0.940. The molecular weight excluding hydrogens is 300 g/mol. The van der Waals surface area contributed by atoms with E-state index in [4.69, 9.17) is 9.47 Å². The Labute approximate surface area is 145 Å². The molecule has 0 bridgehead atoms. The molecule has 2 atom stereocenters. The van der Waals surface area contributed by atoms with Crippen LogP contribution in [0, 0.1) is 5.92 Å². The van der Waals surface area contributed by atoms with E-state index >= 15 is 0 Å². The molecule has 132 valence electrons. The summed E-state index contributed by atoms with van der Waals surface area (Å²) in [7, 11) is 0. The molecule has 0 saturated carbocycles. The minimum Gasteiger partial charge on any atom is -0.347 e. The average Bonchev–Trinajstić information content (AvgIpc) is 3.26. The van der Waals surface area contributed by atoms with Crippen LogP contribution in [0.1, 0.15) is 31.7 Å². The standard InChI is InChI=1S/C20H30N2O2/c1-20(23-12-13-24-20)18-8-5-10-22(15-18)19-9-11-21(16-19)14-17-6-3-2-4-7-17/h2-4,6-7,18-19H,5,8-16H2,1H3. The molecule has 1 aromatic rings. The molecule has 0 aliphatic carbocycles. The van der Waals surface area contributed by atoms with Crippen LogP contribution in [0.2, 0.25) is 0 Å². The second-order valence-electron chi connectivity index (χ2n) is 7.71. The van der Waals surface area contributed by atoms with E-state index in [0.29, 0.717) is 12.0 Å².